The molecule has 35 heavy (non-hydrogen) atoms. The Kier molecular flexibility index (Phi) is 6.37. The van der Waals surface area contributed by atoms with Crippen molar-refractivity contribution in [3.63, 3.8) is 0 Å². The van der Waals surface area contributed by atoms with Crippen LogP contribution in [0.5, 0.6) is 17.2 Å². The number of amides is 1. The number of para-hydroxylation sites is 2. The fourth-order valence-corrected chi connectivity index (χ4v) is 4.80. The molecule has 1 amide bonds. The molecule has 0 saturated carbocycles. The lowest BCUT2D eigenvalue weighted by molar-refractivity contribution is -0.115. The molecule has 1 aliphatic heterocycles. The molecule has 180 valence electrons. The molecule has 4 aromatic rings. The summed E-state index contributed by atoms with van der Waals surface area (Å²) in [6.45, 7) is 2.18. The minimum Gasteiger partial charge on any atom is -0.495 e. The summed E-state index contributed by atoms with van der Waals surface area (Å²) in [6, 6.07) is 14.1. The molecule has 9 nitrogen and oxygen atoms in total. The number of rotatable bonds is 8. The largest absolute Gasteiger partial charge is 0.495 e. The first-order chi connectivity index (χ1) is 17.1. The Bertz CT molecular complexity index is 1430. The van der Waals surface area contributed by atoms with Gasteiger partial charge in [-0.05, 0) is 36.8 Å². The van der Waals surface area contributed by atoms with Crippen LogP contribution < -0.4 is 25.1 Å². The molecule has 1 N–H and O–H groups in total. The van der Waals surface area contributed by atoms with Gasteiger partial charge in [-0.1, -0.05) is 30.8 Å². The third kappa shape index (κ3) is 4.57. The van der Waals surface area contributed by atoms with E-state index >= 15 is 0 Å². The average molecular weight is 494 g/mol. The van der Waals surface area contributed by atoms with Gasteiger partial charge in [0.05, 0.1) is 41.8 Å². The second-order valence-electron chi connectivity index (χ2n) is 7.79. The Labute approximate surface area is 205 Å². The summed E-state index contributed by atoms with van der Waals surface area (Å²) in [7, 11) is 1.55. The molecule has 0 bridgehead atoms. The second-order valence-corrected chi connectivity index (χ2v) is 8.96. The number of ether oxygens (including phenoxy) is 3. The van der Waals surface area contributed by atoms with Gasteiger partial charge in [0, 0.05) is 6.07 Å². The summed E-state index contributed by atoms with van der Waals surface area (Å²) in [6.07, 6.45) is 2.07. The second kappa shape index (κ2) is 9.75. The number of carbonyl (C=O) groups is 1. The average Bonchev–Trinajstić information content (AvgIpc) is 3.55. The number of nitrogens with zero attached hydrogens (tertiary/aromatic N) is 2. The van der Waals surface area contributed by atoms with Gasteiger partial charge in [-0.3, -0.25) is 14.2 Å². The highest BCUT2D eigenvalue weighted by Crippen LogP contribution is 2.36. The molecule has 0 fully saturated rings. The summed E-state index contributed by atoms with van der Waals surface area (Å²) in [5, 5.41) is 3.22. The normalized spacial score (nSPS) is 13.1. The van der Waals surface area contributed by atoms with Gasteiger partial charge in [-0.25, -0.2) is 4.98 Å². The lowest BCUT2D eigenvalue weighted by atomic mass is 10.2. The molecule has 1 aliphatic rings. The van der Waals surface area contributed by atoms with Crippen molar-refractivity contribution in [3.05, 3.63) is 70.9 Å². The molecule has 2 aromatic heterocycles. The van der Waals surface area contributed by atoms with Crippen LogP contribution >= 0.6 is 11.8 Å². The predicted octanol–water partition coefficient (Wildman–Crippen LogP) is 4.28. The van der Waals surface area contributed by atoms with E-state index in [-0.39, 0.29) is 24.8 Å². The van der Waals surface area contributed by atoms with Crippen molar-refractivity contribution in [1.29, 1.82) is 0 Å². The number of hydrogen-bond donors (Lipinski definition) is 1. The van der Waals surface area contributed by atoms with E-state index in [0.717, 1.165) is 0 Å². The number of methoxy groups -OCH3 is 1. The van der Waals surface area contributed by atoms with Crippen LogP contribution in [0.2, 0.25) is 0 Å². The molecule has 5 rings (SSSR count). The monoisotopic (exact) mass is 493 g/mol. The Morgan fingerprint density at radius 2 is 2.00 bits per heavy atom. The number of anilines is 1. The molecule has 0 radical (unpaired) electrons. The molecular weight excluding hydrogens is 470 g/mol. The van der Waals surface area contributed by atoms with Gasteiger partial charge in [0.25, 0.3) is 5.56 Å². The number of furan rings is 1. The van der Waals surface area contributed by atoms with Crippen molar-refractivity contribution in [1.82, 2.24) is 9.55 Å². The van der Waals surface area contributed by atoms with Gasteiger partial charge in [0.2, 0.25) is 12.7 Å². The SMILES string of the molecule is CC[C@H](Sc1nc2cc3c(cc2c(=O)n1Cc1ccco1)OCO3)C(=O)Nc1ccccc1OC. The van der Waals surface area contributed by atoms with E-state index in [1.54, 1.807) is 49.8 Å². The first-order valence-corrected chi connectivity index (χ1v) is 11.9. The Hall–Kier alpha value is -3.92. The number of benzene rings is 2. The summed E-state index contributed by atoms with van der Waals surface area (Å²) >= 11 is 1.23. The summed E-state index contributed by atoms with van der Waals surface area (Å²) < 4.78 is 23.3. The summed E-state index contributed by atoms with van der Waals surface area (Å²) in [4.78, 5) is 31.5. The van der Waals surface area contributed by atoms with Crippen LogP contribution in [0.1, 0.15) is 19.1 Å². The van der Waals surface area contributed by atoms with Crippen LogP contribution in [0, 0.1) is 0 Å². The topological polar surface area (TPSA) is 105 Å². The Balaban J connectivity index is 1.52. The number of nitrogens with one attached hydrogen (secondary N) is 1. The summed E-state index contributed by atoms with van der Waals surface area (Å²) in [5.41, 5.74) is 0.788. The molecule has 3 heterocycles. The van der Waals surface area contributed by atoms with Gasteiger partial charge < -0.3 is 23.9 Å². The van der Waals surface area contributed by atoms with Crippen LogP contribution in [0.4, 0.5) is 5.69 Å². The number of thioether (sulfide) groups is 1. The minimum absolute atomic E-state index is 0.0921. The van der Waals surface area contributed by atoms with Crippen molar-refractivity contribution >= 4 is 34.3 Å². The van der Waals surface area contributed by atoms with Crippen molar-refractivity contribution < 1.29 is 23.4 Å². The first kappa shape index (κ1) is 22.9. The zero-order chi connectivity index (χ0) is 24.4. The molecular formula is C25H23N3O6S. The minimum atomic E-state index is -0.513. The third-order valence-electron chi connectivity index (χ3n) is 5.58. The highest BCUT2D eigenvalue weighted by atomic mass is 32.2. The number of fused-ring (bicyclic) bond motifs is 2. The maximum absolute atomic E-state index is 13.5. The smallest absolute Gasteiger partial charge is 0.262 e. The number of hydrogen-bond acceptors (Lipinski definition) is 8. The standard InChI is InChI=1S/C25H23N3O6S/c1-3-22(23(29)26-17-8-4-5-9-19(17)31-2)35-25-27-18-12-21-20(33-14-34-21)11-16(18)24(30)28(25)13-15-7-6-10-32-15/h4-12,22H,3,13-14H2,1-2H3,(H,26,29)/t22-/m0/s1. The lowest BCUT2D eigenvalue weighted by Gasteiger charge is -2.18. The van der Waals surface area contributed by atoms with Gasteiger partial charge in [-0.15, -0.1) is 0 Å². The fraction of sp³-hybridized carbons (Fsp3) is 0.240. The zero-order valence-corrected chi connectivity index (χ0v) is 20.0. The third-order valence-corrected chi connectivity index (χ3v) is 6.94. The van der Waals surface area contributed by atoms with Crippen LogP contribution in [0.25, 0.3) is 10.9 Å². The van der Waals surface area contributed by atoms with E-state index < -0.39 is 5.25 Å². The Morgan fingerprint density at radius 1 is 1.20 bits per heavy atom. The van der Waals surface area contributed by atoms with Crippen molar-refractivity contribution in [2.45, 2.75) is 30.3 Å². The highest BCUT2D eigenvalue weighted by Gasteiger charge is 2.25. The zero-order valence-electron chi connectivity index (χ0n) is 19.1. The molecule has 0 spiro atoms. The Morgan fingerprint density at radius 3 is 2.74 bits per heavy atom. The van der Waals surface area contributed by atoms with Crippen LogP contribution in [0.3, 0.4) is 0 Å². The molecule has 10 heteroatoms. The maximum atomic E-state index is 13.5. The van der Waals surface area contributed by atoms with Crippen molar-refractivity contribution in [2.24, 2.45) is 0 Å². The summed E-state index contributed by atoms with van der Waals surface area (Å²) in [5.74, 6) is 1.98. The molecule has 0 unspecified atom stereocenters. The van der Waals surface area contributed by atoms with Crippen LogP contribution in [-0.2, 0) is 11.3 Å². The van der Waals surface area contributed by atoms with Gasteiger partial charge >= 0.3 is 0 Å². The van der Waals surface area contributed by atoms with E-state index in [4.69, 9.17) is 23.6 Å². The number of aromatic nitrogens is 2. The first-order valence-electron chi connectivity index (χ1n) is 11.0. The van der Waals surface area contributed by atoms with Crippen molar-refractivity contribution in [2.75, 3.05) is 19.2 Å². The number of carbonyl (C=O) groups excluding carboxylic acids is 1. The van der Waals surface area contributed by atoms with E-state index in [1.807, 2.05) is 19.1 Å². The van der Waals surface area contributed by atoms with Crippen molar-refractivity contribution in [3.8, 4) is 17.2 Å². The molecule has 2 aromatic carbocycles. The van der Waals surface area contributed by atoms with Crippen LogP contribution in [-0.4, -0.2) is 34.6 Å². The lowest BCUT2D eigenvalue weighted by Crippen LogP contribution is -2.28. The van der Waals surface area contributed by atoms with Crippen LogP contribution in [0.15, 0.2) is 69.2 Å². The van der Waals surface area contributed by atoms with E-state index in [0.29, 0.717) is 51.2 Å². The van der Waals surface area contributed by atoms with Gasteiger partial charge in [0.1, 0.15) is 11.5 Å². The molecule has 1 atom stereocenters. The van der Waals surface area contributed by atoms with E-state index in [2.05, 4.69) is 5.32 Å². The predicted molar refractivity (Wildman–Crippen MR) is 131 cm³/mol. The fourth-order valence-electron chi connectivity index (χ4n) is 3.79. The van der Waals surface area contributed by atoms with E-state index in [1.165, 1.54) is 16.3 Å². The van der Waals surface area contributed by atoms with Gasteiger partial charge in [0.15, 0.2) is 16.7 Å². The maximum Gasteiger partial charge on any atom is 0.262 e. The van der Waals surface area contributed by atoms with E-state index in [9.17, 15) is 9.59 Å². The molecule has 0 aliphatic carbocycles. The quantitative estimate of drug-likeness (QED) is 0.286. The van der Waals surface area contributed by atoms with Gasteiger partial charge in [-0.2, -0.15) is 0 Å². The molecule has 0 saturated heterocycles. The highest BCUT2D eigenvalue weighted by molar-refractivity contribution is 8.00.